The van der Waals surface area contributed by atoms with E-state index in [4.69, 9.17) is 0 Å². The van der Waals surface area contributed by atoms with Gasteiger partial charge in [-0.15, -0.1) is 0 Å². The zero-order chi connectivity index (χ0) is 20.6. The first-order valence-electron chi connectivity index (χ1n) is 8.53. The number of halogens is 2. The van der Waals surface area contributed by atoms with Crippen molar-refractivity contribution in [3.05, 3.63) is 70.8 Å². The molecule has 0 aliphatic carbocycles. The molecule has 4 amide bonds. The number of carbonyl (C=O) groups is 3. The number of hydrogen-bond donors (Lipinski definition) is 1. The van der Waals surface area contributed by atoms with Crippen LogP contribution in [0.5, 0.6) is 0 Å². The Morgan fingerprint density at radius 1 is 1.11 bits per heavy atom. The normalized spacial score (nSPS) is 19.0. The Hall–Kier alpha value is -3.29. The summed E-state index contributed by atoms with van der Waals surface area (Å²) < 4.78 is 27.7. The molecule has 1 atom stereocenters. The van der Waals surface area contributed by atoms with Crippen molar-refractivity contribution in [2.24, 2.45) is 0 Å². The number of nitrogens with zero attached hydrogens (tertiary/aromatic N) is 2. The number of urea groups is 1. The van der Waals surface area contributed by atoms with Crippen molar-refractivity contribution in [3.8, 4) is 0 Å². The first-order chi connectivity index (χ1) is 13.1. The molecule has 28 heavy (non-hydrogen) atoms. The van der Waals surface area contributed by atoms with E-state index in [2.05, 4.69) is 5.32 Å². The summed E-state index contributed by atoms with van der Waals surface area (Å²) in [6.07, 6.45) is 0. The van der Waals surface area contributed by atoms with E-state index in [0.29, 0.717) is 11.1 Å². The summed E-state index contributed by atoms with van der Waals surface area (Å²) in [5.41, 5.74) is -0.856. The molecule has 0 spiro atoms. The highest BCUT2D eigenvalue weighted by Crippen LogP contribution is 2.32. The van der Waals surface area contributed by atoms with Crippen molar-refractivity contribution in [2.45, 2.75) is 19.0 Å². The highest BCUT2D eigenvalue weighted by atomic mass is 19.1. The summed E-state index contributed by atoms with van der Waals surface area (Å²) in [6, 6.07) is 8.52. The molecule has 1 saturated heterocycles. The van der Waals surface area contributed by atoms with Gasteiger partial charge < -0.3 is 10.2 Å². The first-order valence-corrected chi connectivity index (χ1v) is 8.53. The van der Waals surface area contributed by atoms with Crippen LogP contribution in [0, 0.1) is 11.6 Å². The third-order valence-electron chi connectivity index (χ3n) is 4.69. The highest BCUT2D eigenvalue weighted by molar-refractivity contribution is 6.07. The van der Waals surface area contributed by atoms with E-state index in [9.17, 15) is 23.2 Å². The zero-order valence-electron chi connectivity index (χ0n) is 15.6. The molecule has 1 heterocycles. The maximum absolute atomic E-state index is 14.2. The van der Waals surface area contributed by atoms with Gasteiger partial charge in [0.05, 0.1) is 6.54 Å². The smallest absolute Gasteiger partial charge is 0.325 e. The van der Waals surface area contributed by atoms with Gasteiger partial charge in [0.2, 0.25) is 0 Å². The Kier molecular flexibility index (Phi) is 4.89. The molecule has 2 aromatic carbocycles. The fourth-order valence-corrected chi connectivity index (χ4v) is 3.10. The second-order valence-corrected chi connectivity index (χ2v) is 6.97. The van der Waals surface area contributed by atoms with Crippen molar-refractivity contribution in [1.29, 1.82) is 0 Å². The molecule has 0 radical (unpaired) electrons. The number of amides is 4. The van der Waals surface area contributed by atoms with Gasteiger partial charge in [-0.3, -0.25) is 14.5 Å². The van der Waals surface area contributed by atoms with Gasteiger partial charge in [-0.25, -0.2) is 13.6 Å². The number of nitrogens with one attached hydrogen (secondary N) is 1. The van der Waals surface area contributed by atoms with Crippen molar-refractivity contribution in [3.63, 3.8) is 0 Å². The molecule has 1 N–H and O–H groups in total. The van der Waals surface area contributed by atoms with Crippen molar-refractivity contribution in [2.75, 3.05) is 14.1 Å². The average Bonchev–Trinajstić information content (AvgIpc) is 2.87. The van der Waals surface area contributed by atoms with Crippen molar-refractivity contribution >= 4 is 17.8 Å². The molecule has 0 bridgehead atoms. The third-order valence-corrected chi connectivity index (χ3v) is 4.69. The molecule has 1 fully saturated rings. The quantitative estimate of drug-likeness (QED) is 0.820. The number of benzene rings is 2. The molecule has 1 unspecified atom stereocenters. The molecule has 146 valence electrons. The summed E-state index contributed by atoms with van der Waals surface area (Å²) in [6.45, 7) is 1.28. The third kappa shape index (κ3) is 3.33. The Balaban J connectivity index is 1.84. The fourth-order valence-electron chi connectivity index (χ4n) is 3.10. The lowest BCUT2D eigenvalue weighted by Crippen LogP contribution is -2.41. The van der Waals surface area contributed by atoms with Crippen LogP contribution in [0.4, 0.5) is 13.6 Å². The second kappa shape index (κ2) is 7.03. The average molecular weight is 387 g/mol. The van der Waals surface area contributed by atoms with Gasteiger partial charge in [-0.2, -0.15) is 0 Å². The lowest BCUT2D eigenvalue weighted by atomic mass is 9.91. The van der Waals surface area contributed by atoms with Gasteiger partial charge in [0, 0.05) is 25.2 Å². The maximum atomic E-state index is 14.2. The molecular weight excluding hydrogens is 368 g/mol. The topological polar surface area (TPSA) is 69.7 Å². The highest BCUT2D eigenvalue weighted by Gasteiger charge is 2.50. The predicted octanol–water partition coefficient (Wildman–Crippen LogP) is 2.63. The van der Waals surface area contributed by atoms with Gasteiger partial charge in [0.1, 0.15) is 17.2 Å². The van der Waals surface area contributed by atoms with Gasteiger partial charge >= 0.3 is 6.03 Å². The van der Waals surface area contributed by atoms with Crippen LogP contribution in [-0.2, 0) is 16.9 Å². The van der Waals surface area contributed by atoms with E-state index >= 15 is 0 Å². The predicted molar refractivity (Wildman–Crippen MR) is 97.3 cm³/mol. The summed E-state index contributed by atoms with van der Waals surface area (Å²) >= 11 is 0. The van der Waals surface area contributed by atoms with Gasteiger partial charge in [0.25, 0.3) is 11.8 Å². The Morgan fingerprint density at radius 3 is 2.36 bits per heavy atom. The molecule has 2 aromatic rings. The van der Waals surface area contributed by atoms with E-state index in [-0.39, 0.29) is 18.0 Å². The molecular formula is C20H19F2N3O3. The lowest BCUT2D eigenvalue weighted by Gasteiger charge is -2.23. The molecule has 1 aliphatic rings. The largest absolute Gasteiger partial charge is 0.345 e. The van der Waals surface area contributed by atoms with Crippen LogP contribution in [0.3, 0.4) is 0 Å². The van der Waals surface area contributed by atoms with E-state index in [1.165, 1.54) is 11.8 Å². The van der Waals surface area contributed by atoms with E-state index in [0.717, 1.165) is 23.1 Å². The van der Waals surface area contributed by atoms with Gasteiger partial charge in [-0.1, -0.05) is 12.1 Å². The number of imide groups is 1. The van der Waals surface area contributed by atoms with E-state index in [1.807, 2.05) is 0 Å². The number of carbonyl (C=O) groups excluding carboxylic acids is 3. The van der Waals surface area contributed by atoms with Gasteiger partial charge in [0.15, 0.2) is 0 Å². The Morgan fingerprint density at radius 2 is 1.75 bits per heavy atom. The van der Waals surface area contributed by atoms with Crippen LogP contribution in [-0.4, -0.2) is 41.7 Å². The lowest BCUT2D eigenvalue weighted by molar-refractivity contribution is -0.131. The monoisotopic (exact) mass is 387 g/mol. The molecule has 0 aromatic heterocycles. The minimum Gasteiger partial charge on any atom is -0.345 e. The molecule has 6 nitrogen and oxygen atoms in total. The molecule has 0 saturated carbocycles. The van der Waals surface area contributed by atoms with E-state index in [1.54, 1.807) is 38.4 Å². The van der Waals surface area contributed by atoms with Crippen LogP contribution >= 0.6 is 0 Å². The summed E-state index contributed by atoms with van der Waals surface area (Å²) in [5.74, 6) is -2.35. The summed E-state index contributed by atoms with van der Waals surface area (Å²) in [7, 11) is 3.27. The van der Waals surface area contributed by atoms with Crippen molar-refractivity contribution in [1.82, 2.24) is 15.1 Å². The molecule has 8 heteroatoms. The minimum absolute atomic E-state index is 0.0619. The first kappa shape index (κ1) is 19.5. The molecule has 1 aliphatic heterocycles. The molecule has 3 rings (SSSR count). The van der Waals surface area contributed by atoms with Crippen LogP contribution in [0.15, 0.2) is 42.5 Å². The maximum Gasteiger partial charge on any atom is 0.325 e. The van der Waals surface area contributed by atoms with Crippen LogP contribution in [0.25, 0.3) is 0 Å². The minimum atomic E-state index is -1.70. The van der Waals surface area contributed by atoms with Crippen LogP contribution in [0.1, 0.15) is 28.4 Å². The number of rotatable bonds is 4. The Labute approximate surface area is 160 Å². The van der Waals surface area contributed by atoms with Gasteiger partial charge in [-0.05, 0) is 42.8 Å². The fraction of sp³-hybridized carbons (Fsp3) is 0.250. The SMILES string of the molecule is CN(C)C(=O)c1ccc(CN2C(=O)NC(C)(c3cc(F)ccc3F)C2=O)cc1. The number of hydrogen-bond acceptors (Lipinski definition) is 3. The van der Waals surface area contributed by atoms with Crippen LogP contribution in [0.2, 0.25) is 0 Å². The van der Waals surface area contributed by atoms with E-state index < -0.39 is 29.1 Å². The zero-order valence-corrected chi connectivity index (χ0v) is 15.6. The summed E-state index contributed by atoms with van der Waals surface area (Å²) in [5, 5.41) is 2.45. The summed E-state index contributed by atoms with van der Waals surface area (Å²) in [4.78, 5) is 39.5. The Bertz CT molecular complexity index is 960. The van der Waals surface area contributed by atoms with Crippen molar-refractivity contribution < 1.29 is 23.2 Å². The standard InChI is InChI=1S/C20H19F2N3O3/c1-20(15-10-14(21)8-9-16(15)22)18(27)25(19(28)23-20)11-12-4-6-13(7-5-12)17(26)24(2)3/h4-10H,11H2,1-3H3,(H,23,28). The van der Waals surface area contributed by atoms with Crippen LogP contribution < -0.4 is 5.32 Å². The second-order valence-electron chi connectivity index (χ2n) is 6.97.